The number of ether oxygens (including phenoxy) is 1. The number of nitrogens with one attached hydrogen (secondary N) is 3. The molecule has 4 aromatic rings. The number of nitrogens with zero attached hydrogens (tertiary/aromatic N) is 1. The first-order valence-corrected chi connectivity index (χ1v) is 12.5. The number of aromatic nitrogens is 1. The molecule has 4 N–H and O–H groups in total. The van der Waals surface area contributed by atoms with Crippen molar-refractivity contribution < 1.29 is 14.6 Å². The maximum absolute atomic E-state index is 11.7. The number of hydrogen-bond acceptors (Lipinski definition) is 5. The number of alkyl carbamates (subject to hydrolysis) is 1. The van der Waals surface area contributed by atoms with Gasteiger partial charge in [0.15, 0.2) is 5.88 Å². The molecule has 4 rings (SSSR count). The van der Waals surface area contributed by atoms with Crippen molar-refractivity contribution in [2.75, 3.05) is 13.1 Å². The summed E-state index contributed by atoms with van der Waals surface area (Å²) in [6.45, 7) is 7.23. The number of aromatic amines is 1. The molecule has 0 aliphatic heterocycles. The lowest BCUT2D eigenvalue weighted by atomic mass is 10.0. The first-order chi connectivity index (χ1) is 17.7. The lowest BCUT2D eigenvalue weighted by Gasteiger charge is -2.19. The quantitative estimate of drug-likeness (QED) is 0.162. The van der Waals surface area contributed by atoms with E-state index in [4.69, 9.17) is 21.3 Å². The number of fused-ring (bicyclic) bond motifs is 1. The number of benzene rings is 3. The van der Waals surface area contributed by atoms with Crippen LogP contribution in [0.2, 0.25) is 5.02 Å². The Morgan fingerprint density at radius 3 is 2.46 bits per heavy atom. The van der Waals surface area contributed by atoms with Crippen molar-refractivity contribution in [3.05, 3.63) is 94.5 Å². The number of aromatic hydroxyl groups is 1. The maximum Gasteiger partial charge on any atom is 0.407 e. The third kappa shape index (κ3) is 7.12. The van der Waals surface area contributed by atoms with Crippen molar-refractivity contribution in [3.63, 3.8) is 0 Å². The fourth-order valence-corrected chi connectivity index (χ4v) is 4.05. The van der Waals surface area contributed by atoms with Crippen LogP contribution in [-0.2, 0) is 11.3 Å². The predicted octanol–water partition coefficient (Wildman–Crippen LogP) is 6.31. The molecule has 8 heteroatoms. The van der Waals surface area contributed by atoms with Gasteiger partial charge in [-0.3, -0.25) is 0 Å². The Morgan fingerprint density at radius 2 is 1.76 bits per heavy atom. The lowest BCUT2D eigenvalue weighted by Crippen LogP contribution is -2.36. The van der Waals surface area contributed by atoms with E-state index in [1.54, 1.807) is 12.1 Å². The van der Waals surface area contributed by atoms with Gasteiger partial charge in [-0.05, 0) is 50.6 Å². The van der Waals surface area contributed by atoms with Gasteiger partial charge in [0.25, 0.3) is 0 Å². The number of carbonyl (C=O) groups excluding carboxylic acids is 1. The molecule has 0 atom stereocenters. The van der Waals surface area contributed by atoms with Crippen molar-refractivity contribution in [3.8, 4) is 5.88 Å². The van der Waals surface area contributed by atoms with Gasteiger partial charge in [-0.25, -0.2) is 9.79 Å². The second kappa shape index (κ2) is 11.5. The fourth-order valence-electron chi connectivity index (χ4n) is 3.87. The lowest BCUT2D eigenvalue weighted by molar-refractivity contribution is 0.0528. The van der Waals surface area contributed by atoms with Crippen molar-refractivity contribution in [1.29, 1.82) is 0 Å². The van der Waals surface area contributed by atoms with Crippen LogP contribution in [0.4, 0.5) is 10.5 Å². The summed E-state index contributed by atoms with van der Waals surface area (Å²) in [5.74, 6) is 0.0423. The minimum Gasteiger partial charge on any atom is -0.494 e. The van der Waals surface area contributed by atoms with E-state index in [0.29, 0.717) is 35.9 Å². The smallest absolute Gasteiger partial charge is 0.407 e. The number of carbonyl (C=O) groups is 1. The summed E-state index contributed by atoms with van der Waals surface area (Å²) in [6.07, 6.45) is -0.421. The van der Waals surface area contributed by atoms with Gasteiger partial charge in [-0.15, -0.1) is 0 Å². The van der Waals surface area contributed by atoms with Crippen molar-refractivity contribution in [2.45, 2.75) is 32.9 Å². The standard InChI is InChI=1S/C29H31ClN4O3/c1-29(2,3)37-28(36)32-16-15-31-18-19-9-12-22(13-10-19)33-26(20-7-5-4-6-8-20)25-23-14-11-21(30)17-24(23)34-27(25)35/h4-14,17,31,34-35H,15-16,18H2,1-3H3,(H,32,36). The van der Waals surface area contributed by atoms with Crippen LogP contribution < -0.4 is 10.6 Å². The molecule has 0 spiro atoms. The largest absolute Gasteiger partial charge is 0.494 e. The van der Waals surface area contributed by atoms with E-state index in [1.165, 1.54) is 0 Å². The number of H-pyrrole nitrogens is 1. The summed E-state index contributed by atoms with van der Waals surface area (Å²) in [5.41, 5.74) is 4.25. The minimum absolute atomic E-state index is 0.0423. The Kier molecular flexibility index (Phi) is 8.16. The van der Waals surface area contributed by atoms with Crippen LogP contribution in [0.3, 0.4) is 0 Å². The molecule has 0 radical (unpaired) electrons. The van der Waals surface area contributed by atoms with Crippen LogP contribution in [0.15, 0.2) is 77.8 Å². The summed E-state index contributed by atoms with van der Waals surface area (Å²) in [7, 11) is 0. The average molecular weight is 519 g/mol. The molecule has 0 aliphatic carbocycles. The monoisotopic (exact) mass is 518 g/mol. The first kappa shape index (κ1) is 26.3. The van der Waals surface area contributed by atoms with E-state index in [0.717, 1.165) is 27.7 Å². The maximum atomic E-state index is 11.7. The molecule has 0 saturated heterocycles. The third-order valence-corrected chi connectivity index (χ3v) is 5.74. The average Bonchev–Trinajstić information content (AvgIpc) is 3.17. The Bertz CT molecular complexity index is 1390. The first-order valence-electron chi connectivity index (χ1n) is 12.1. The minimum atomic E-state index is -0.511. The number of halogens is 1. The van der Waals surface area contributed by atoms with E-state index in [-0.39, 0.29) is 5.88 Å². The van der Waals surface area contributed by atoms with Crippen LogP contribution >= 0.6 is 11.6 Å². The van der Waals surface area contributed by atoms with E-state index in [1.807, 2.05) is 81.4 Å². The highest BCUT2D eigenvalue weighted by molar-refractivity contribution is 6.31. The number of aliphatic imine (C=N–C) groups is 1. The van der Waals surface area contributed by atoms with Crippen LogP contribution in [0.25, 0.3) is 10.9 Å². The van der Waals surface area contributed by atoms with E-state index < -0.39 is 11.7 Å². The van der Waals surface area contributed by atoms with Gasteiger partial charge in [0.1, 0.15) is 5.60 Å². The number of amides is 1. The van der Waals surface area contributed by atoms with Crippen LogP contribution in [0, 0.1) is 0 Å². The van der Waals surface area contributed by atoms with Gasteiger partial charge in [0, 0.05) is 35.6 Å². The highest BCUT2D eigenvalue weighted by atomic mass is 35.5. The second-order valence-corrected chi connectivity index (χ2v) is 10.1. The molecule has 1 amide bonds. The summed E-state index contributed by atoms with van der Waals surface area (Å²) < 4.78 is 5.23. The zero-order chi connectivity index (χ0) is 26.4. The van der Waals surface area contributed by atoms with E-state index >= 15 is 0 Å². The molecular formula is C29H31ClN4O3. The van der Waals surface area contributed by atoms with Gasteiger partial charge >= 0.3 is 6.09 Å². The van der Waals surface area contributed by atoms with Crippen LogP contribution in [-0.4, -0.2) is 40.6 Å². The van der Waals surface area contributed by atoms with Gasteiger partial charge < -0.3 is 25.5 Å². The molecule has 1 heterocycles. The highest BCUT2D eigenvalue weighted by Crippen LogP contribution is 2.32. The molecule has 37 heavy (non-hydrogen) atoms. The number of rotatable bonds is 8. The van der Waals surface area contributed by atoms with Crippen molar-refractivity contribution >= 4 is 40.0 Å². The van der Waals surface area contributed by atoms with E-state index in [2.05, 4.69) is 15.6 Å². The summed E-state index contributed by atoms with van der Waals surface area (Å²) in [4.78, 5) is 19.7. The Hall–Kier alpha value is -3.81. The van der Waals surface area contributed by atoms with Gasteiger partial charge in [-0.1, -0.05) is 60.1 Å². The van der Waals surface area contributed by atoms with Crippen molar-refractivity contribution in [2.24, 2.45) is 4.99 Å². The van der Waals surface area contributed by atoms with Crippen LogP contribution in [0.1, 0.15) is 37.5 Å². The number of hydrogen-bond donors (Lipinski definition) is 4. The Morgan fingerprint density at radius 1 is 1.03 bits per heavy atom. The Balaban J connectivity index is 1.47. The molecule has 0 unspecified atom stereocenters. The fraction of sp³-hybridized carbons (Fsp3) is 0.241. The second-order valence-electron chi connectivity index (χ2n) is 9.64. The normalized spacial score (nSPS) is 12.1. The summed E-state index contributed by atoms with van der Waals surface area (Å²) >= 11 is 6.15. The van der Waals surface area contributed by atoms with Crippen LogP contribution in [0.5, 0.6) is 5.88 Å². The molecule has 7 nitrogen and oxygen atoms in total. The van der Waals surface area contributed by atoms with Gasteiger partial charge in [0.2, 0.25) is 0 Å². The molecular weight excluding hydrogens is 488 g/mol. The SMILES string of the molecule is CC(C)(C)OC(=O)NCCNCc1ccc(N=C(c2ccccc2)c2c(O)[nH]c3cc(Cl)ccc23)cc1. The summed E-state index contributed by atoms with van der Waals surface area (Å²) in [5, 5.41) is 18.3. The molecule has 0 aliphatic rings. The summed E-state index contributed by atoms with van der Waals surface area (Å²) in [6, 6.07) is 23.1. The molecule has 0 bridgehead atoms. The highest BCUT2D eigenvalue weighted by Gasteiger charge is 2.19. The molecule has 0 saturated carbocycles. The molecule has 3 aromatic carbocycles. The zero-order valence-corrected chi connectivity index (χ0v) is 21.9. The van der Waals surface area contributed by atoms with E-state index in [9.17, 15) is 9.90 Å². The molecule has 192 valence electrons. The molecule has 0 fully saturated rings. The molecule has 1 aromatic heterocycles. The topological polar surface area (TPSA) is 98.7 Å². The van der Waals surface area contributed by atoms with Gasteiger partial charge in [0.05, 0.1) is 22.5 Å². The van der Waals surface area contributed by atoms with Gasteiger partial charge in [-0.2, -0.15) is 0 Å². The Labute approximate surface area is 221 Å². The zero-order valence-electron chi connectivity index (χ0n) is 21.1. The third-order valence-electron chi connectivity index (χ3n) is 5.50. The van der Waals surface area contributed by atoms with Crippen molar-refractivity contribution in [1.82, 2.24) is 15.6 Å². The predicted molar refractivity (Wildman–Crippen MR) is 149 cm³/mol.